The molecule has 0 aliphatic carbocycles. The highest BCUT2D eigenvalue weighted by molar-refractivity contribution is 7.89. The number of aliphatic hydroxyl groups excluding tert-OH is 1. The van der Waals surface area contributed by atoms with Crippen LogP contribution in [0.3, 0.4) is 0 Å². The van der Waals surface area contributed by atoms with E-state index in [-0.39, 0.29) is 6.61 Å². The van der Waals surface area contributed by atoms with E-state index in [0.29, 0.717) is 0 Å². The summed E-state index contributed by atoms with van der Waals surface area (Å²) < 4.78 is 71.3. The number of methoxy groups -OCH3 is 1. The van der Waals surface area contributed by atoms with Gasteiger partial charge in [0, 0.05) is 7.11 Å². The van der Waals surface area contributed by atoms with E-state index in [1.54, 1.807) is 0 Å². The fraction of sp³-hybridized carbons (Fsp3) is 0.455. The van der Waals surface area contributed by atoms with Crippen molar-refractivity contribution in [2.24, 2.45) is 0 Å². The molecular formula is C11H14F3NO5S. The third-order valence-corrected chi connectivity index (χ3v) is 3.83. The standard InChI is InChI=1S/C11H14F3NO5S/c1-19-7-8(6-16)15-21(17,18)10-5-3-2-4-9(10)20-11(12,13)14/h2-5,8,15-16H,6-7H2,1H3. The molecule has 1 atom stereocenters. The van der Waals surface area contributed by atoms with E-state index in [0.717, 1.165) is 12.1 Å². The lowest BCUT2D eigenvalue weighted by molar-refractivity contribution is -0.275. The first kappa shape index (κ1) is 17.7. The highest BCUT2D eigenvalue weighted by Gasteiger charge is 2.34. The number of nitrogens with one attached hydrogen (secondary N) is 1. The normalized spacial score (nSPS) is 14.0. The number of ether oxygens (including phenoxy) is 2. The van der Waals surface area contributed by atoms with Crippen molar-refractivity contribution in [3.63, 3.8) is 0 Å². The molecule has 1 aromatic carbocycles. The highest BCUT2D eigenvalue weighted by Crippen LogP contribution is 2.29. The Morgan fingerprint density at radius 3 is 2.48 bits per heavy atom. The largest absolute Gasteiger partial charge is 0.573 e. The van der Waals surface area contributed by atoms with Crippen molar-refractivity contribution in [2.45, 2.75) is 17.3 Å². The van der Waals surface area contributed by atoms with Crippen LogP contribution in [0, 0.1) is 0 Å². The molecule has 0 saturated carbocycles. The number of hydrogen-bond acceptors (Lipinski definition) is 5. The van der Waals surface area contributed by atoms with Crippen LogP contribution in [-0.4, -0.2) is 46.3 Å². The number of rotatable bonds is 7. The Morgan fingerprint density at radius 2 is 1.95 bits per heavy atom. The van der Waals surface area contributed by atoms with Crippen LogP contribution >= 0.6 is 0 Å². The van der Waals surface area contributed by atoms with Crippen LogP contribution in [0.15, 0.2) is 29.2 Å². The van der Waals surface area contributed by atoms with Crippen LogP contribution in [-0.2, 0) is 14.8 Å². The van der Waals surface area contributed by atoms with Crippen molar-refractivity contribution < 1.29 is 36.2 Å². The molecule has 0 fully saturated rings. The van der Waals surface area contributed by atoms with Crippen molar-refractivity contribution in [2.75, 3.05) is 20.3 Å². The zero-order chi connectivity index (χ0) is 16.1. The van der Waals surface area contributed by atoms with Crippen molar-refractivity contribution in [3.8, 4) is 5.75 Å². The van der Waals surface area contributed by atoms with Gasteiger partial charge in [0.1, 0.15) is 10.6 Å². The Kier molecular flexibility index (Phi) is 5.96. The van der Waals surface area contributed by atoms with Gasteiger partial charge in [0.15, 0.2) is 0 Å². The number of para-hydroxylation sites is 1. The summed E-state index contributed by atoms with van der Waals surface area (Å²) in [4.78, 5) is -0.683. The molecule has 1 unspecified atom stereocenters. The molecule has 1 rings (SSSR count). The molecule has 0 aromatic heterocycles. The molecule has 2 N–H and O–H groups in total. The summed E-state index contributed by atoms with van der Waals surface area (Å²) in [5.74, 6) is -0.855. The van der Waals surface area contributed by atoms with Gasteiger partial charge in [-0.2, -0.15) is 0 Å². The molecule has 0 spiro atoms. The highest BCUT2D eigenvalue weighted by atomic mass is 32.2. The monoisotopic (exact) mass is 329 g/mol. The molecule has 0 aliphatic heterocycles. The molecule has 10 heteroatoms. The van der Waals surface area contributed by atoms with Gasteiger partial charge in [0.25, 0.3) is 0 Å². The molecule has 120 valence electrons. The molecule has 0 saturated heterocycles. The predicted molar refractivity (Wildman–Crippen MR) is 66.2 cm³/mol. The minimum Gasteiger partial charge on any atom is -0.404 e. The van der Waals surface area contributed by atoms with E-state index in [1.165, 1.54) is 19.2 Å². The number of aliphatic hydroxyl groups is 1. The zero-order valence-corrected chi connectivity index (χ0v) is 11.7. The first-order valence-electron chi connectivity index (χ1n) is 5.66. The Labute approximate surface area is 119 Å². The van der Waals surface area contributed by atoms with Gasteiger partial charge in [-0.25, -0.2) is 13.1 Å². The lowest BCUT2D eigenvalue weighted by Crippen LogP contribution is -2.40. The van der Waals surface area contributed by atoms with Crippen molar-refractivity contribution in [1.82, 2.24) is 4.72 Å². The first-order chi connectivity index (χ1) is 9.69. The Balaban J connectivity index is 3.08. The summed E-state index contributed by atoms with van der Waals surface area (Å²) in [5, 5.41) is 9.00. The van der Waals surface area contributed by atoms with Gasteiger partial charge in [-0.05, 0) is 12.1 Å². The summed E-state index contributed by atoms with van der Waals surface area (Å²) >= 11 is 0. The maximum Gasteiger partial charge on any atom is 0.573 e. The van der Waals surface area contributed by atoms with Crippen LogP contribution in [0.5, 0.6) is 5.75 Å². The van der Waals surface area contributed by atoms with Gasteiger partial charge in [-0.1, -0.05) is 12.1 Å². The second-order valence-corrected chi connectivity index (χ2v) is 5.63. The summed E-state index contributed by atoms with van der Waals surface area (Å²) in [5.41, 5.74) is 0. The molecule has 0 radical (unpaired) electrons. The molecule has 0 bridgehead atoms. The van der Waals surface area contributed by atoms with Gasteiger partial charge in [0.2, 0.25) is 10.0 Å². The number of halogens is 3. The van der Waals surface area contributed by atoms with E-state index in [9.17, 15) is 21.6 Å². The molecule has 6 nitrogen and oxygen atoms in total. The summed E-state index contributed by atoms with van der Waals surface area (Å²) in [6, 6.07) is 3.32. The third kappa shape index (κ3) is 5.50. The zero-order valence-electron chi connectivity index (χ0n) is 10.9. The molecular weight excluding hydrogens is 315 g/mol. The second kappa shape index (κ2) is 7.07. The Hall–Kier alpha value is -1.36. The van der Waals surface area contributed by atoms with E-state index in [2.05, 4.69) is 9.47 Å². The van der Waals surface area contributed by atoms with Crippen molar-refractivity contribution in [1.29, 1.82) is 0 Å². The van der Waals surface area contributed by atoms with Crippen molar-refractivity contribution >= 4 is 10.0 Å². The summed E-state index contributed by atoms with van der Waals surface area (Å²) in [6.07, 6.45) is -5.02. The Morgan fingerprint density at radius 1 is 1.33 bits per heavy atom. The maximum atomic E-state index is 12.3. The van der Waals surface area contributed by atoms with E-state index in [1.807, 2.05) is 4.72 Å². The lowest BCUT2D eigenvalue weighted by atomic mass is 10.3. The lowest BCUT2D eigenvalue weighted by Gasteiger charge is -2.17. The van der Waals surface area contributed by atoms with E-state index >= 15 is 0 Å². The Bertz CT molecular complexity index is 561. The average molecular weight is 329 g/mol. The van der Waals surface area contributed by atoms with Gasteiger partial charge in [-0.15, -0.1) is 13.2 Å². The average Bonchev–Trinajstić information content (AvgIpc) is 2.36. The number of alkyl halides is 3. The van der Waals surface area contributed by atoms with Gasteiger partial charge < -0.3 is 14.6 Å². The summed E-state index contributed by atoms with van der Waals surface area (Å²) in [7, 11) is -3.02. The number of sulfonamides is 1. The van der Waals surface area contributed by atoms with Crippen molar-refractivity contribution in [3.05, 3.63) is 24.3 Å². The quantitative estimate of drug-likeness (QED) is 0.775. The molecule has 0 amide bonds. The fourth-order valence-electron chi connectivity index (χ4n) is 1.49. The predicted octanol–water partition coefficient (Wildman–Crippen LogP) is 0.871. The van der Waals surface area contributed by atoms with Gasteiger partial charge in [-0.3, -0.25) is 0 Å². The SMILES string of the molecule is COCC(CO)NS(=O)(=O)c1ccccc1OC(F)(F)F. The number of benzene rings is 1. The van der Waals surface area contributed by atoms with Crippen LogP contribution < -0.4 is 9.46 Å². The maximum absolute atomic E-state index is 12.3. The van der Waals surface area contributed by atoms with Gasteiger partial charge in [0.05, 0.1) is 19.3 Å². The van der Waals surface area contributed by atoms with Crippen LogP contribution in [0.25, 0.3) is 0 Å². The number of hydrogen-bond donors (Lipinski definition) is 2. The minimum absolute atomic E-state index is 0.141. The van der Waals surface area contributed by atoms with E-state index < -0.39 is 39.7 Å². The fourth-order valence-corrected chi connectivity index (χ4v) is 2.83. The smallest absolute Gasteiger partial charge is 0.404 e. The second-order valence-electron chi connectivity index (χ2n) is 3.95. The minimum atomic E-state index is -5.02. The third-order valence-electron chi connectivity index (χ3n) is 2.27. The van der Waals surface area contributed by atoms with Crippen LogP contribution in [0.1, 0.15) is 0 Å². The topological polar surface area (TPSA) is 84.9 Å². The molecule has 1 aromatic rings. The molecule has 21 heavy (non-hydrogen) atoms. The van der Waals surface area contributed by atoms with Gasteiger partial charge >= 0.3 is 6.36 Å². The molecule has 0 heterocycles. The van der Waals surface area contributed by atoms with Crippen LogP contribution in [0.4, 0.5) is 13.2 Å². The summed E-state index contributed by atoms with van der Waals surface area (Å²) in [6.45, 7) is -0.715. The van der Waals surface area contributed by atoms with Crippen LogP contribution in [0.2, 0.25) is 0 Å². The first-order valence-corrected chi connectivity index (χ1v) is 7.15. The van der Waals surface area contributed by atoms with E-state index in [4.69, 9.17) is 5.11 Å². The molecule has 0 aliphatic rings.